The van der Waals surface area contributed by atoms with Gasteiger partial charge in [0, 0.05) is 18.2 Å². The Morgan fingerprint density at radius 1 is 1.20 bits per heavy atom. The summed E-state index contributed by atoms with van der Waals surface area (Å²) in [5.74, 6) is 0.985. The summed E-state index contributed by atoms with van der Waals surface area (Å²) in [4.78, 5) is 4.68. The second kappa shape index (κ2) is 4.49. The third kappa shape index (κ3) is 1.95. The Bertz CT molecular complexity index is 814. The predicted octanol–water partition coefficient (Wildman–Crippen LogP) is 2.83. The summed E-state index contributed by atoms with van der Waals surface area (Å²) in [6.45, 7) is 2.07. The monoisotopic (exact) mass is 264 g/mol. The maximum Gasteiger partial charge on any atom is 0.140 e. The molecule has 0 saturated carbocycles. The highest BCUT2D eigenvalue weighted by Crippen LogP contribution is 2.24. The zero-order chi connectivity index (χ0) is 14.3. The van der Waals surface area contributed by atoms with Crippen molar-refractivity contribution >= 4 is 16.9 Å². The van der Waals surface area contributed by atoms with E-state index >= 15 is 0 Å². The van der Waals surface area contributed by atoms with Gasteiger partial charge in [0.25, 0.3) is 0 Å². The number of nitrogens with zero attached hydrogens (tertiary/aromatic N) is 2. The van der Waals surface area contributed by atoms with Crippen molar-refractivity contribution in [1.29, 1.82) is 5.41 Å². The van der Waals surface area contributed by atoms with E-state index in [4.69, 9.17) is 11.1 Å². The van der Waals surface area contributed by atoms with E-state index in [1.165, 1.54) is 5.56 Å². The van der Waals surface area contributed by atoms with Crippen molar-refractivity contribution < 1.29 is 0 Å². The Morgan fingerprint density at radius 3 is 2.70 bits per heavy atom. The lowest BCUT2D eigenvalue weighted by molar-refractivity contribution is 0.959. The SMILES string of the molecule is Cc1cccc(-c2nc3cc(C(=N)N)ccc3n2C)c1. The first-order valence-corrected chi connectivity index (χ1v) is 6.44. The van der Waals surface area contributed by atoms with Crippen molar-refractivity contribution in [3.63, 3.8) is 0 Å². The molecule has 0 fully saturated rings. The Hall–Kier alpha value is -2.62. The number of benzene rings is 2. The van der Waals surface area contributed by atoms with E-state index in [2.05, 4.69) is 34.7 Å². The smallest absolute Gasteiger partial charge is 0.140 e. The molecule has 0 amide bonds. The molecule has 0 bridgehead atoms. The van der Waals surface area contributed by atoms with Crippen molar-refractivity contribution in [2.45, 2.75) is 6.92 Å². The molecule has 0 radical (unpaired) electrons. The minimum atomic E-state index is 0.0645. The molecule has 2 aromatic carbocycles. The van der Waals surface area contributed by atoms with Gasteiger partial charge in [0.05, 0.1) is 11.0 Å². The van der Waals surface area contributed by atoms with Crippen LogP contribution in [0.4, 0.5) is 0 Å². The van der Waals surface area contributed by atoms with Gasteiger partial charge in [-0.1, -0.05) is 23.8 Å². The van der Waals surface area contributed by atoms with E-state index in [0.29, 0.717) is 5.56 Å². The van der Waals surface area contributed by atoms with Gasteiger partial charge in [-0.25, -0.2) is 4.98 Å². The Balaban J connectivity index is 2.22. The van der Waals surface area contributed by atoms with Crippen molar-refractivity contribution in [3.05, 3.63) is 53.6 Å². The zero-order valence-corrected chi connectivity index (χ0v) is 11.5. The number of nitrogen functional groups attached to an aromatic ring is 1. The maximum atomic E-state index is 7.51. The number of rotatable bonds is 2. The quantitative estimate of drug-likeness (QED) is 0.552. The molecule has 0 spiro atoms. The Morgan fingerprint density at radius 2 is 2.00 bits per heavy atom. The highest BCUT2D eigenvalue weighted by Gasteiger charge is 2.10. The van der Waals surface area contributed by atoms with E-state index in [9.17, 15) is 0 Å². The van der Waals surface area contributed by atoms with E-state index < -0.39 is 0 Å². The van der Waals surface area contributed by atoms with Gasteiger partial charge in [-0.3, -0.25) is 5.41 Å². The van der Waals surface area contributed by atoms with Crippen molar-refractivity contribution in [3.8, 4) is 11.4 Å². The Labute approximate surface area is 117 Å². The van der Waals surface area contributed by atoms with Crippen LogP contribution in [0.1, 0.15) is 11.1 Å². The predicted molar refractivity (Wildman–Crippen MR) is 81.9 cm³/mol. The topological polar surface area (TPSA) is 67.7 Å². The largest absolute Gasteiger partial charge is 0.384 e. The zero-order valence-electron chi connectivity index (χ0n) is 11.5. The highest BCUT2D eigenvalue weighted by molar-refractivity contribution is 5.98. The molecule has 1 aromatic heterocycles. The lowest BCUT2D eigenvalue weighted by Gasteiger charge is -2.03. The number of hydrogen-bond acceptors (Lipinski definition) is 2. The molecule has 3 aromatic rings. The summed E-state index contributed by atoms with van der Waals surface area (Å²) in [6.07, 6.45) is 0. The van der Waals surface area contributed by atoms with Gasteiger partial charge >= 0.3 is 0 Å². The Kier molecular flexibility index (Phi) is 2.79. The standard InChI is InChI=1S/C16H16N4/c1-10-4-3-5-12(8-10)16-19-13-9-11(15(17)18)6-7-14(13)20(16)2/h3-9H,1-2H3,(H3,17,18). The van der Waals surface area contributed by atoms with Gasteiger partial charge in [-0.2, -0.15) is 0 Å². The molecule has 3 N–H and O–H groups in total. The van der Waals surface area contributed by atoms with Gasteiger partial charge in [-0.05, 0) is 31.2 Å². The lowest BCUT2D eigenvalue weighted by Crippen LogP contribution is -2.10. The van der Waals surface area contributed by atoms with Crippen LogP contribution in [-0.4, -0.2) is 15.4 Å². The van der Waals surface area contributed by atoms with Crippen molar-refractivity contribution in [2.24, 2.45) is 12.8 Å². The average Bonchev–Trinajstić information content (AvgIpc) is 2.75. The molecular weight excluding hydrogens is 248 g/mol. The van der Waals surface area contributed by atoms with Crippen LogP contribution in [0.2, 0.25) is 0 Å². The molecule has 4 nitrogen and oxygen atoms in total. The third-order valence-corrected chi connectivity index (χ3v) is 3.47. The molecule has 1 heterocycles. The van der Waals surface area contributed by atoms with E-state index in [0.717, 1.165) is 22.4 Å². The van der Waals surface area contributed by atoms with Crippen LogP contribution in [0.3, 0.4) is 0 Å². The third-order valence-electron chi connectivity index (χ3n) is 3.47. The first-order chi connectivity index (χ1) is 9.56. The molecule has 20 heavy (non-hydrogen) atoms. The van der Waals surface area contributed by atoms with E-state index in [1.54, 1.807) is 0 Å². The molecule has 3 rings (SSSR count). The van der Waals surface area contributed by atoms with Crippen molar-refractivity contribution in [1.82, 2.24) is 9.55 Å². The van der Waals surface area contributed by atoms with Crippen LogP contribution >= 0.6 is 0 Å². The maximum absolute atomic E-state index is 7.51. The summed E-state index contributed by atoms with van der Waals surface area (Å²) < 4.78 is 2.06. The number of nitrogens with two attached hydrogens (primary N) is 1. The first kappa shape index (κ1) is 12.4. The average molecular weight is 264 g/mol. The minimum absolute atomic E-state index is 0.0645. The van der Waals surface area contributed by atoms with Crippen molar-refractivity contribution in [2.75, 3.05) is 0 Å². The fraction of sp³-hybridized carbons (Fsp3) is 0.125. The number of amidine groups is 1. The number of imidazole rings is 1. The lowest BCUT2D eigenvalue weighted by atomic mass is 10.1. The van der Waals surface area contributed by atoms with Gasteiger partial charge in [0.15, 0.2) is 0 Å². The summed E-state index contributed by atoms with van der Waals surface area (Å²) in [7, 11) is 2.00. The number of hydrogen-bond donors (Lipinski definition) is 2. The molecule has 0 aliphatic heterocycles. The second-order valence-corrected chi connectivity index (χ2v) is 4.98. The molecule has 0 aliphatic rings. The summed E-state index contributed by atoms with van der Waals surface area (Å²) in [6, 6.07) is 13.9. The normalized spacial score (nSPS) is 10.9. The molecular formula is C16H16N4. The highest BCUT2D eigenvalue weighted by atomic mass is 15.1. The molecule has 0 unspecified atom stereocenters. The van der Waals surface area contributed by atoms with E-state index in [1.807, 2.05) is 31.3 Å². The van der Waals surface area contributed by atoms with Gasteiger partial charge < -0.3 is 10.3 Å². The number of fused-ring (bicyclic) bond motifs is 1. The summed E-state index contributed by atoms with van der Waals surface area (Å²) in [5.41, 5.74) is 10.4. The fourth-order valence-electron chi connectivity index (χ4n) is 2.41. The number of aromatic nitrogens is 2. The van der Waals surface area contributed by atoms with Crippen LogP contribution in [-0.2, 0) is 7.05 Å². The number of aryl methyl sites for hydroxylation is 2. The van der Waals surface area contributed by atoms with Gasteiger partial charge in [0.2, 0.25) is 0 Å². The van der Waals surface area contributed by atoms with Crippen LogP contribution in [0.15, 0.2) is 42.5 Å². The summed E-state index contributed by atoms with van der Waals surface area (Å²) in [5, 5.41) is 7.51. The van der Waals surface area contributed by atoms with Crippen LogP contribution in [0.5, 0.6) is 0 Å². The fourth-order valence-corrected chi connectivity index (χ4v) is 2.41. The number of nitrogens with one attached hydrogen (secondary N) is 1. The first-order valence-electron chi connectivity index (χ1n) is 6.44. The molecule has 0 saturated heterocycles. The van der Waals surface area contributed by atoms with Gasteiger partial charge in [-0.15, -0.1) is 0 Å². The molecule has 100 valence electrons. The molecule has 0 atom stereocenters. The van der Waals surface area contributed by atoms with Crippen LogP contribution in [0.25, 0.3) is 22.4 Å². The van der Waals surface area contributed by atoms with E-state index in [-0.39, 0.29) is 5.84 Å². The molecule has 4 heteroatoms. The van der Waals surface area contributed by atoms with Gasteiger partial charge in [0.1, 0.15) is 11.7 Å². The van der Waals surface area contributed by atoms with Crippen LogP contribution in [0, 0.1) is 12.3 Å². The van der Waals surface area contributed by atoms with Crippen LogP contribution < -0.4 is 5.73 Å². The molecule has 0 aliphatic carbocycles. The summed E-state index contributed by atoms with van der Waals surface area (Å²) >= 11 is 0. The minimum Gasteiger partial charge on any atom is -0.384 e. The second-order valence-electron chi connectivity index (χ2n) is 4.98.